The number of rotatable bonds is 6. The Morgan fingerprint density at radius 2 is 2.03 bits per heavy atom. The van der Waals surface area contributed by atoms with Gasteiger partial charge in [0.1, 0.15) is 5.65 Å². The quantitative estimate of drug-likeness (QED) is 0.501. The first-order valence-electron chi connectivity index (χ1n) is 10.8. The van der Waals surface area contributed by atoms with E-state index in [9.17, 15) is 9.59 Å². The van der Waals surface area contributed by atoms with Gasteiger partial charge in [-0.15, -0.1) is 11.3 Å². The number of hydrogen-bond acceptors (Lipinski definition) is 5. The number of nitrogens with one attached hydrogen (secondary N) is 1. The lowest BCUT2D eigenvalue weighted by molar-refractivity contribution is -0.116. The minimum Gasteiger partial charge on any atom is -0.352 e. The third-order valence-electron chi connectivity index (χ3n) is 6.00. The zero-order valence-electron chi connectivity index (χ0n) is 17.4. The van der Waals surface area contributed by atoms with Gasteiger partial charge in [-0.25, -0.2) is 4.98 Å². The monoisotopic (exact) mass is 486 g/mol. The molecular formula is C23H23ClN4O2S2. The number of thioether (sulfide) groups is 1. The van der Waals surface area contributed by atoms with Crippen LogP contribution in [0.4, 0.5) is 0 Å². The molecule has 3 aromatic rings. The van der Waals surface area contributed by atoms with Crippen molar-refractivity contribution in [2.24, 2.45) is 5.92 Å². The van der Waals surface area contributed by atoms with Crippen LogP contribution in [0, 0.1) is 5.92 Å². The van der Waals surface area contributed by atoms with Gasteiger partial charge in [0.2, 0.25) is 0 Å². The first-order chi connectivity index (χ1) is 15.6. The predicted molar refractivity (Wildman–Crippen MR) is 129 cm³/mol. The molecule has 1 fully saturated rings. The number of thiophene rings is 1. The Kier molecular flexibility index (Phi) is 6.26. The SMILES string of the molecule is O=C(NCCCC1CCN(C(=O)c2ccc(Cl)s2)CC1)C1=Cc2cnc3cccc(n23)S1. The van der Waals surface area contributed by atoms with Crippen LogP contribution in [-0.2, 0) is 4.79 Å². The van der Waals surface area contributed by atoms with Crippen molar-refractivity contribution in [3.63, 3.8) is 0 Å². The fourth-order valence-electron chi connectivity index (χ4n) is 4.29. The minimum absolute atomic E-state index is 0.0329. The van der Waals surface area contributed by atoms with E-state index < -0.39 is 0 Å². The summed E-state index contributed by atoms with van der Waals surface area (Å²) in [5.74, 6) is 0.649. The Hall–Kier alpha value is -2.29. The molecule has 5 rings (SSSR count). The second-order valence-corrected chi connectivity index (χ2v) is 10.9. The second-order valence-electron chi connectivity index (χ2n) is 8.09. The highest BCUT2D eigenvalue weighted by Gasteiger charge is 2.24. The van der Waals surface area contributed by atoms with E-state index in [-0.39, 0.29) is 11.8 Å². The van der Waals surface area contributed by atoms with Crippen LogP contribution in [0.15, 0.2) is 46.5 Å². The normalized spacial score (nSPS) is 16.3. The van der Waals surface area contributed by atoms with Crippen molar-refractivity contribution >= 4 is 58.2 Å². The third-order valence-corrected chi connectivity index (χ3v) is 8.27. The van der Waals surface area contributed by atoms with Gasteiger partial charge in [0.05, 0.1) is 31.0 Å². The van der Waals surface area contributed by atoms with Crippen LogP contribution in [0.3, 0.4) is 0 Å². The number of halogens is 1. The summed E-state index contributed by atoms with van der Waals surface area (Å²) < 4.78 is 2.71. The van der Waals surface area contributed by atoms with Crippen molar-refractivity contribution < 1.29 is 9.59 Å². The number of likely N-dealkylation sites (tertiary alicyclic amines) is 1. The van der Waals surface area contributed by atoms with E-state index in [1.807, 2.05) is 29.2 Å². The van der Waals surface area contributed by atoms with Gasteiger partial charge >= 0.3 is 0 Å². The van der Waals surface area contributed by atoms with Crippen molar-refractivity contribution in [3.8, 4) is 0 Å². The summed E-state index contributed by atoms with van der Waals surface area (Å²) in [5.41, 5.74) is 1.83. The highest BCUT2D eigenvalue weighted by Crippen LogP contribution is 2.34. The summed E-state index contributed by atoms with van der Waals surface area (Å²) in [6, 6.07) is 9.51. The van der Waals surface area contributed by atoms with Gasteiger partial charge in [0.15, 0.2) is 0 Å². The molecule has 0 bridgehead atoms. The number of amides is 2. The second kappa shape index (κ2) is 9.29. The van der Waals surface area contributed by atoms with E-state index in [2.05, 4.69) is 14.7 Å². The molecule has 2 amide bonds. The topological polar surface area (TPSA) is 66.7 Å². The molecule has 0 aliphatic carbocycles. The molecule has 1 N–H and O–H groups in total. The zero-order valence-corrected chi connectivity index (χ0v) is 19.8. The van der Waals surface area contributed by atoms with Crippen LogP contribution < -0.4 is 5.32 Å². The Labute approximate surface area is 199 Å². The van der Waals surface area contributed by atoms with Gasteiger partial charge in [-0.05, 0) is 61.9 Å². The Balaban J connectivity index is 1.06. The lowest BCUT2D eigenvalue weighted by Gasteiger charge is -2.31. The molecule has 9 heteroatoms. The molecular weight excluding hydrogens is 464 g/mol. The van der Waals surface area contributed by atoms with Crippen molar-refractivity contribution in [2.45, 2.75) is 30.7 Å². The van der Waals surface area contributed by atoms with Crippen molar-refractivity contribution in [1.29, 1.82) is 0 Å². The highest BCUT2D eigenvalue weighted by molar-refractivity contribution is 8.04. The lowest BCUT2D eigenvalue weighted by atomic mass is 9.92. The highest BCUT2D eigenvalue weighted by atomic mass is 35.5. The fraction of sp³-hybridized carbons (Fsp3) is 0.348. The summed E-state index contributed by atoms with van der Waals surface area (Å²) in [7, 11) is 0. The molecule has 0 atom stereocenters. The number of piperidine rings is 1. The number of imidazole rings is 1. The van der Waals surface area contributed by atoms with Gasteiger partial charge in [-0.1, -0.05) is 29.4 Å². The Morgan fingerprint density at radius 1 is 1.19 bits per heavy atom. The average Bonchev–Trinajstić information content (AvgIpc) is 3.44. The van der Waals surface area contributed by atoms with E-state index in [0.717, 1.165) is 55.1 Å². The van der Waals surface area contributed by atoms with Crippen LogP contribution >= 0.6 is 34.7 Å². The molecule has 6 nitrogen and oxygen atoms in total. The molecule has 2 aliphatic rings. The molecule has 0 radical (unpaired) electrons. The number of nitrogens with zero attached hydrogens (tertiary/aromatic N) is 3. The summed E-state index contributed by atoms with van der Waals surface area (Å²) in [4.78, 5) is 32.9. The van der Waals surface area contributed by atoms with E-state index in [1.165, 1.54) is 23.1 Å². The van der Waals surface area contributed by atoms with Crippen molar-refractivity contribution in [1.82, 2.24) is 19.6 Å². The summed E-state index contributed by atoms with van der Waals surface area (Å²) in [6.45, 7) is 2.23. The minimum atomic E-state index is -0.0329. The number of carbonyl (C=O) groups is 2. The van der Waals surface area contributed by atoms with Gasteiger partial charge in [0, 0.05) is 19.6 Å². The third kappa shape index (κ3) is 4.44. The van der Waals surface area contributed by atoms with Gasteiger partial charge in [0.25, 0.3) is 11.8 Å². The number of pyridine rings is 1. The molecule has 0 unspecified atom stereocenters. The molecule has 5 heterocycles. The molecule has 32 heavy (non-hydrogen) atoms. The fourth-order valence-corrected chi connectivity index (χ4v) is 6.31. The van der Waals surface area contributed by atoms with Crippen LogP contribution in [0.5, 0.6) is 0 Å². The van der Waals surface area contributed by atoms with Crippen LogP contribution in [-0.4, -0.2) is 45.7 Å². The molecule has 0 spiro atoms. The summed E-state index contributed by atoms with van der Waals surface area (Å²) >= 11 is 8.77. The molecule has 166 valence electrons. The first kappa shape index (κ1) is 21.6. The summed E-state index contributed by atoms with van der Waals surface area (Å²) in [5, 5.41) is 4.07. The van der Waals surface area contributed by atoms with Crippen molar-refractivity contribution in [2.75, 3.05) is 19.6 Å². The molecule has 1 saturated heterocycles. The van der Waals surface area contributed by atoms with E-state index in [4.69, 9.17) is 11.6 Å². The largest absolute Gasteiger partial charge is 0.352 e. The van der Waals surface area contributed by atoms with E-state index in [1.54, 1.807) is 18.3 Å². The summed E-state index contributed by atoms with van der Waals surface area (Å²) in [6.07, 6.45) is 7.72. The van der Waals surface area contributed by atoms with E-state index >= 15 is 0 Å². The maximum Gasteiger partial charge on any atom is 0.263 e. The molecule has 2 aliphatic heterocycles. The smallest absolute Gasteiger partial charge is 0.263 e. The predicted octanol–water partition coefficient (Wildman–Crippen LogP) is 4.94. The number of aromatic nitrogens is 2. The van der Waals surface area contributed by atoms with Gasteiger partial charge in [-0.3, -0.25) is 14.0 Å². The van der Waals surface area contributed by atoms with Gasteiger partial charge in [-0.2, -0.15) is 0 Å². The van der Waals surface area contributed by atoms with Gasteiger partial charge < -0.3 is 10.2 Å². The van der Waals surface area contributed by atoms with Crippen LogP contribution in [0.1, 0.15) is 41.0 Å². The number of hydrogen-bond donors (Lipinski definition) is 1. The lowest BCUT2D eigenvalue weighted by Crippen LogP contribution is -2.38. The van der Waals surface area contributed by atoms with Crippen molar-refractivity contribution in [3.05, 3.63) is 56.3 Å². The molecule has 3 aromatic heterocycles. The maximum atomic E-state index is 12.7. The zero-order chi connectivity index (χ0) is 22.1. The maximum absolute atomic E-state index is 12.7. The van der Waals surface area contributed by atoms with Crippen LogP contribution in [0.2, 0.25) is 4.34 Å². The average molecular weight is 487 g/mol. The molecule has 0 saturated carbocycles. The van der Waals surface area contributed by atoms with Crippen LogP contribution in [0.25, 0.3) is 11.7 Å². The first-order valence-corrected chi connectivity index (χ1v) is 12.8. The Bertz CT molecular complexity index is 1190. The standard InChI is InChI=1S/C23H23ClN4O2S2/c24-19-7-6-17(31-19)23(30)27-11-8-15(9-12-27)3-2-10-25-22(29)18-13-16-14-26-20-4-1-5-21(32-18)28(16)20/h1,4-7,13-15H,2-3,8-12H2,(H,25,29). The Morgan fingerprint density at radius 3 is 2.81 bits per heavy atom. The molecule has 0 aromatic carbocycles. The number of carbonyl (C=O) groups excluding carboxylic acids is 2. The van der Waals surface area contributed by atoms with E-state index in [0.29, 0.717) is 26.6 Å².